The molecule has 4 rings (SSSR count). The monoisotopic (exact) mass is 497 g/mol. The highest BCUT2D eigenvalue weighted by Gasteiger charge is 2.36. The minimum absolute atomic E-state index is 0.0933. The lowest BCUT2D eigenvalue weighted by molar-refractivity contribution is -0.141. The fraction of sp³-hybridized carbons (Fsp3) is 0.522. The fourth-order valence-corrected chi connectivity index (χ4v) is 5.03. The predicted octanol–water partition coefficient (Wildman–Crippen LogP) is 5.94. The van der Waals surface area contributed by atoms with Crippen molar-refractivity contribution >= 4 is 40.7 Å². The molecule has 1 aromatic carbocycles. The van der Waals surface area contributed by atoms with E-state index in [0.29, 0.717) is 24.7 Å². The summed E-state index contributed by atoms with van der Waals surface area (Å²) in [4.78, 5) is 9.90. The highest BCUT2D eigenvalue weighted by molar-refractivity contribution is 7.80. The first-order valence-electron chi connectivity index (χ1n) is 11.3. The molecule has 2 aromatic rings. The molecule has 2 aliphatic rings. The number of alkyl halides is 3. The van der Waals surface area contributed by atoms with Gasteiger partial charge in [0.2, 0.25) is 5.95 Å². The molecule has 1 saturated carbocycles. The second-order valence-corrected chi connectivity index (χ2v) is 9.63. The Labute approximate surface area is 202 Å². The highest BCUT2D eigenvalue weighted by atomic mass is 35.5. The topological polar surface area (TPSA) is 53.1 Å². The Balaban J connectivity index is 1.48. The van der Waals surface area contributed by atoms with Gasteiger partial charge in [-0.2, -0.15) is 18.2 Å². The molecule has 0 atom stereocenters. The first-order chi connectivity index (χ1) is 15.7. The number of anilines is 2. The molecule has 1 aliphatic carbocycles. The number of hydrogen-bond acceptors (Lipinski definition) is 4. The fourth-order valence-electron chi connectivity index (χ4n) is 4.74. The van der Waals surface area contributed by atoms with Gasteiger partial charge >= 0.3 is 6.18 Å². The normalized spacial score (nSPS) is 18.2. The van der Waals surface area contributed by atoms with E-state index in [1.54, 1.807) is 0 Å². The van der Waals surface area contributed by atoms with Crippen molar-refractivity contribution in [2.45, 2.75) is 56.5 Å². The van der Waals surface area contributed by atoms with E-state index in [1.807, 2.05) is 29.2 Å². The van der Waals surface area contributed by atoms with Crippen LogP contribution in [0.5, 0.6) is 0 Å². The van der Waals surface area contributed by atoms with Crippen molar-refractivity contribution in [3.63, 3.8) is 0 Å². The van der Waals surface area contributed by atoms with E-state index in [9.17, 15) is 13.2 Å². The van der Waals surface area contributed by atoms with E-state index >= 15 is 0 Å². The van der Waals surface area contributed by atoms with Gasteiger partial charge in [0.25, 0.3) is 0 Å². The summed E-state index contributed by atoms with van der Waals surface area (Å²) in [5, 5.41) is 6.87. The summed E-state index contributed by atoms with van der Waals surface area (Å²) >= 11 is 11.5. The molecule has 33 heavy (non-hydrogen) atoms. The van der Waals surface area contributed by atoms with Crippen LogP contribution in [0.15, 0.2) is 30.3 Å². The second kappa shape index (κ2) is 10.0. The molecule has 0 amide bonds. The molecule has 0 radical (unpaired) electrons. The molecule has 2 fully saturated rings. The van der Waals surface area contributed by atoms with Gasteiger partial charge < -0.3 is 15.5 Å². The highest BCUT2D eigenvalue weighted by Crippen LogP contribution is 2.41. The van der Waals surface area contributed by atoms with Gasteiger partial charge in [0.1, 0.15) is 5.82 Å². The van der Waals surface area contributed by atoms with Crippen LogP contribution in [0.1, 0.15) is 56.2 Å². The van der Waals surface area contributed by atoms with Crippen LogP contribution in [0.25, 0.3) is 0 Å². The van der Waals surface area contributed by atoms with Crippen LogP contribution in [0, 0.1) is 0 Å². The zero-order valence-corrected chi connectivity index (χ0v) is 19.8. The number of benzene rings is 1. The van der Waals surface area contributed by atoms with Crippen LogP contribution >= 0.6 is 23.8 Å². The summed E-state index contributed by atoms with van der Waals surface area (Å²) in [5.41, 5.74) is 0.114. The maximum absolute atomic E-state index is 13.5. The number of hydrogen-bond donors (Lipinski definition) is 2. The van der Waals surface area contributed by atoms with Gasteiger partial charge in [-0.15, -0.1) is 0 Å². The third kappa shape index (κ3) is 5.87. The molecule has 0 bridgehead atoms. The van der Waals surface area contributed by atoms with Gasteiger partial charge in [-0.1, -0.05) is 36.6 Å². The lowest BCUT2D eigenvalue weighted by Gasteiger charge is -2.31. The molecule has 0 unspecified atom stereocenters. The zero-order chi connectivity index (χ0) is 23.5. The summed E-state index contributed by atoms with van der Waals surface area (Å²) in [6.07, 6.45) is 2.60. The SMILES string of the molecule is FC(F)(F)c1cc(N2CCCCC2)nc(NC(=S)NCC2(c3ccc(Cl)cc3)CCCC2)n1. The summed E-state index contributed by atoms with van der Waals surface area (Å²) in [7, 11) is 0. The maximum Gasteiger partial charge on any atom is 0.433 e. The Bertz CT molecular complexity index is 971. The largest absolute Gasteiger partial charge is 0.433 e. The number of nitrogens with one attached hydrogen (secondary N) is 2. The number of aromatic nitrogens is 2. The standard InChI is InChI=1S/C23H27ClF3N5S/c24-17-8-6-16(7-9-17)22(10-2-3-11-22)15-28-21(33)31-20-29-18(23(25,26)27)14-19(30-20)32-12-4-1-5-13-32/h6-9,14H,1-5,10-13,15H2,(H2,28,29,30,31,33). The van der Waals surface area contributed by atoms with Gasteiger partial charge in [-0.3, -0.25) is 0 Å². The second-order valence-electron chi connectivity index (χ2n) is 8.78. The van der Waals surface area contributed by atoms with Crippen molar-refractivity contribution < 1.29 is 13.2 Å². The van der Waals surface area contributed by atoms with E-state index in [2.05, 4.69) is 20.6 Å². The van der Waals surface area contributed by atoms with Gasteiger partial charge in [-0.25, -0.2) is 4.98 Å². The van der Waals surface area contributed by atoms with E-state index in [1.165, 1.54) is 5.56 Å². The molecular formula is C23H27ClF3N5S. The first kappa shape index (κ1) is 24.0. The van der Waals surface area contributed by atoms with Crippen molar-refractivity contribution in [1.29, 1.82) is 0 Å². The average Bonchev–Trinajstić information content (AvgIpc) is 3.28. The molecule has 0 spiro atoms. The van der Waals surface area contributed by atoms with Crippen molar-refractivity contribution in [3.8, 4) is 0 Å². The molecular weight excluding hydrogens is 471 g/mol. The van der Waals surface area contributed by atoms with E-state index < -0.39 is 11.9 Å². The Morgan fingerprint density at radius 1 is 1.03 bits per heavy atom. The van der Waals surface area contributed by atoms with E-state index in [4.69, 9.17) is 23.8 Å². The van der Waals surface area contributed by atoms with Crippen LogP contribution in [0.4, 0.5) is 24.9 Å². The van der Waals surface area contributed by atoms with Crippen molar-refractivity contribution in [2.75, 3.05) is 29.9 Å². The first-order valence-corrected chi connectivity index (χ1v) is 12.1. The molecule has 1 saturated heterocycles. The number of halogens is 4. The third-order valence-corrected chi connectivity index (χ3v) is 7.01. The van der Waals surface area contributed by atoms with Crippen LogP contribution in [-0.4, -0.2) is 34.7 Å². The van der Waals surface area contributed by atoms with Crippen molar-refractivity contribution in [1.82, 2.24) is 15.3 Å². The number of piperidine rings is 1. The molecule has 1 aromatic heterocycles. The van der Waals surface area contributed by atoms with Crippen LogP contribution < -0.4 is 15.5 Å². The molecule has 2 N–H and O–H groups in total. The molecule has 1 aliphatic heterocycles. The lowest BCUT2D eigenvalue weighted by Crippen LogP contribution is -2.41. The van der Waals surface area contributed by atoms with Crippen LogP contribution in [0.2, 0.25) is 5.02 Å². The van der Waals surface area contributed by atoms with Crippen molar-refractivity contribution in [3.05, 3.63) is 46.6 Å². The van der Waals surface area contributed by atoms with Crippen LogP contribution in [0.3, 0.4) is 0 Å². The number of rotatable bonds is 5. The smallest absolute Gasteiger partial charge is 0.361 e. The minimum Gasteiger partial charge on any atom is -0.361 e. The molecule has 10 heteroatoms. The molecule has 178 valence electrons. The van der Waals surface area contributed by atoms with Crippen LogP contribution in [-0.2, 0) is 11.6 Å². The third-order valence-electron chi connectivity index (χ3n) is 6.51. The van der Waals surface area contributed by atoms with E-state index in [0.717, 1.165) is 51.0 Å². The van der Waals surface area contributed by atoms with E-state index in [-0.39, 0.29) is 22.3 Å². The van der Waals surface area contributed by atoms with Gasteiger partial charge in [0.05, 0.1) is 0 Å². The molecule has 5 nitrogen and oxygen atoms in total. The lowest BCUT2D eigenvalue weighted by atomic mass is 9.79. The Hall–Kier alpha value is -2.13. The summed E-state index contributed by atoms with van der Waals surface area (Å²) < 4.78 is 40.4. The maximum atomic E-state index is 13.5. The van der Waals surface area contributed by atoms with Gasteiger partial charge in [-0.05, 0) is 62.0 Å². The zero-order valence-electron chi connectivity index (χ0n) is 18.2. The van der Waals surface area contributed by atoms with Gasteiger partial charge in [0.15, 0.2) is 10.8 Å². The molecule has 2 heterocycles. The quantitative estimate of drug-likeness (QED) is 0.499. The van der Waals surface area contributed by atoms with Gasteiger partial charge in [0, 0.05) is 36.1 Å². The predicted molar refractivity (Wildman–Crippen MR) is 129 cm³/mol. The number of thiocarbonyl (C=S) groups is 1. The van der Waals surface area contributed by atoms with Crippen molar-refractivity contribution in [2.24, 2.45) is 0 Å². The Kier molecular flexibility index (Phi) is 7.28. The summed E-state index contributed by atoms with van der Waals surface area (Å²) in [5.74, 6) is 0.130. The average molecular weight is 498 g/mol. The number of nitrogens with zero attached hydrogens (tertiary/aromatic N) is 3. The minimum atomic E-state index is -4.57. The Morgan fingerprint density at radius 3 is 2.33 bits per heavy atom. The Morgan fingerprint density at radius 2 is 1.70 bits per heavy atom. The summed E-state index contributed by atoms with van der Waals surface area (Å²) in [6.45, 7) is 1.93. The summed E-state index contributed by atoms with van der Waals surface area (Å²) in [6, 6.07) is 8.85.